The summed E-state index contributed by atoms with van der Waals surface area (Å²) < 4.78 is 4.90. The molecule has 0 aliphatic rings. The van der Waals surface area contributed by atoms with E-state index in [0.29, 0.717) is 0 Å². The van der Waals surface area contributed by atoms with Crippen molar-refractivity contribution in [3.05, 3.63) is 35.9 Å². The molecule has 5 nitrogen and oxygen atoms in total. The zero-order valence-corrected chi connectivity index (χ0v) is 11.3. The van der Waals surface area contributed by atoms with Crippen molar-refractivity contribution in [1.82, 2.24) is 5.32 Å². The molecule has 1 aromatic rings. The molecule has 0 heterocycles. The van der Waals surface area contributed by atoms with Crippen molar-refractivity contribution in [1.29, 1.82) is 0 Å². The molecule has 0 aliphatic carbocycles. The van der Waals surface area contributed by atoms with Crippen molar-refractivity contribution in [2.75, 3.05) is 0 Å². The Balaban J connectivity index is 2.78. The van der Waals surface area contributed by atoms with Gasteiger partial charge in [0.15, 0.2) is 0 Å². The number of carbonyl (C=O) groups is 2. The molecule has 0 bridgehead atoms. The highest BCUT2D eigenvalue weighted by Crippen LogP contribution is 2.19. The molecule has 0 spiro atoms. The minimum absolute atomic E-state index is 0.290. The van der Waals surface area contributed by atoms with E-state index in [1.165, 1.54) is 0 Å². The van der Waals surface area contributed by atoms with Crippen LogP contribution in [0, 0.1) is 0 Å². The average Bonchev–Trinajstić information content (AvgIpc) is 2.35. The molecule has 2 unspecified atom stereocenters. The highest BCUT2D eigenvalue weighted by molar-refractivity contribution is 5.81. The lowest BCUT2D eigenvalue weighted by Gasteiger charge is -2.22. The van der Waals surface area contributed by atoms with Crippen LogP contribution in [-0.4, -0.2) is 29.3 Å². The minimum atomic E-state index is -1.09. The second-order valence-corrected chi connectivity index (χ2v) is 4.61. The summed E-state index contributed by atoms with van der Waals surface area (Å²) in [4.78, 5) is 22.8. The highest BCUT2D eigenvalue weighted by atomic mass is 16.6. The molecule has 104 valence electrons. The number of nitrogens with one attached hydrogen (secondary N) is 1. The number of carbonyl (C=O) groups excluding carboxylic acids is 1. The molecule has 1 aromatic carbocycles. The standard InChI is InChI=1S/C14H19NO4/c1-9(2)19-14(18)15-12(13(16)17)10(3)11-7-5-4-6-8-11/h4-10,12H,1-3H3,(H,15,18)(H,16,17). The number of rotatable bonds is 5. The Morgan fingerprint density at radius 1 is 1.16 bits per heavy atom. The van der Waals surface area contributed by atoms with Crippen LogP contribution in [0.3, 0.4) is 0 Å². The van der Waals surface area contributed by atoms with Gasteiger partial charge in [0, 0.05) is 5.92 Å². The van der Waals surface area contributed by atoms with Gasteiger partial charge >= 0.3 is 12.1 Å². The predicted molar refractivity (Wildman–Crippen MR) is 71.0 cm³/mol. The Hall–Kier alpha value is -2.04. The van der Waals surface area contributed by atoms with E-state index in [0.717, 1.165) is 5.56 Å². The van der Waals surface area contributed by atoms with E-state index in [9.17, 15) is 14.7 Å². The zero-order chi connectivity index (χ0) is 14.4. The molecule has 2 N–H and O–H groups in total. The minimum Gasteiger partial charge on any atom is -0.480 e. The van der Waals surface area contributed by atoms with Crippen LogP contribution >= 0.6 is 0 Å². The first kappa shape index (κ1) is 15.0. The highest BCUT2D eigenvalue weighted by Gasteiger charge is 2.28. The first-order valence-electron chi connectivity index (χ1n) is 6.16. The lowest BCUT2D eigenvalue weighted by Crippen LogP contribution is -2.45. The van der Waals surface area contributed by atoms with Gasteiger partial charge in [0.05, 0.1) is 6.10 Å². The van der Waals surface area contributed by atoms with Crippen molar-refractivity contribution in [2.45, 2.75) is 38.8 Å². The summed E-state index contributed by atoms with van der Waals surface area (Å²) in [5.41, 5.74) is 0.847. The summed E-state index contributed by atoms with van der Waals surface area (Å²) in [6.07, 6.45) is -1.01. The summed E-state index contributed by atoms with van der Waals surface area (Å²) in [7, 11) is 0. The van der Waals surface area contributed by atoms with E-state index in [1.807, 2.05) is 30.3 Å². The molecule has 0 aromatic heterocycles. The Kier molecular flexibility index (Phi) is 5.36. The summed E-state index contributed by atoms with van der Waals surface area (Å²) in [6, 6.07) is 8.15. The number of carboxylic acid groups (broad SMARTS) is 1. The van der Waals surface area contributed by atoms with Crippen LogP contribution in [0.1, 0.15) is 32.3 Å². The molecular formula is C14H19NO4. The molecule has 0 radical (unpaired) electrons. The van der Waals surface area contributed by atoms with E-state index >= 15 is 0 Å². The number of amides is 1. The van der Waals surface area contributed by atoms with Crippen molar-refractivity contribution >= 4 is 12.1 Å². The summed E-state index contributed by atoms with van der Waals surface area (Å²) in [5.74, 6) is -1.43. The first-order chi connectivity index (χ1) is 8.91. The Labute approximate surface area is 112 Å². The van der Waals surface area contributed by atoms with Crippen molar-refractivity contribution in [3.8, 4) is 0 Å². The normalized spacial score (nSPS) is 13.7. The monoisotopic (exact) mass is 265 g/mol. The third-order valence-corrected chi connectivity index (χ3v) is 2.71. The lowest BCUT2D eigenvalue weighted by atomic mass is 9.93. The van der Waals surface area contributed by atoms with Gasteiger partial charge in [-0.3, -0.25) is 0 Å². The van der Waals surface area contributed by atoms with Gasteiger partial charge in [-0.2, -0.15) is 0 Å². The fourth-order valence-electron chi connectivity index (χ4n) is 1.72. The molecule has 1 rings (SSSR count). The number of alkyl carbamates (subject to hydrolysis) is 1. The summed E-state index contributed by atoms with van der Waals surface area (Å²) in [6.45, 7) is 5.16. The summed E-state index contributed by atoms with van der Waals surface area (Å²) >= 11 is 0. The predicted octanol–water partition coefficient (Wildman–Crippen LogP) is 2.38. The second kappa shape index (κ2) is 6.78. The Bertz CT molecular complexity index is 430. The number of aliphatic carboxylic acids is 1. The molecule has 19 heavy (non-hydrogen) atoms. The van der Waals surface area contributed by atoms with Crippen molar-refractivity contribution in [2.24, 2.45) is 0 Å². The van der Waals surface area contributed by atoms with Crippen LogP contribution in [0.5, 0.6) is 0 Å². The largest absolute Gasteiger partial charge is 0.480 e. The van der Waals surface area contributed by atoms with Crippen LogP contribution in [0.25, 0.3) is 0 Å². The molecular weight excluding hydrogens is 246 g/mol. The smallest absolute Gasteiger partial charge is 0.408 e. The number of benzene rings is 1. The van der Waals surface area contributed by atoms with Gasteiger partial charge in [-0.25, -0.2) is 9.59 Å². The number of hydrogen-bond acceptors (Lipinski definition) is 3. The molecule has 2 atom stereocenters. The maximum absolute atomic E-state index is 11.5. The molecule has 0 saturated heterocycles. The number of hydrogen-bond donors (Lipinski definition) is 2. The fourth-order valence-corrected chi connectivity index (χ4v) is 1.72. The van der Waals surface area contributed by atoms with Crippen LogP contribution in [0.4, 0.5) is 4.79 Å². The van der Waals surface area contributed by atoms with E-state index in [1.54, 1.807) is 20.8 Å². The van der Waals surface area contributed by atoms with Gasteiger partial charge in [0.1, 0.15) is 6.04 Å². The van der Waals surface area contributed by atoms with E-state index in [2.05, 4.69) is 5.32 Å². The fraction of sp³-hybridized carbons (Fsp3) is 0.429. The Morgan fingerprint density at radius 3 is 2.21 bits per heavy atom. The number of ether oxygens (including phenoxy) is 1. The van der Waals surface area contributed by atoms with Crippen molar-refractivity contribution in [3.63, 3.8) is 0 Å². The van der Waals surface area contributed by atoms with Gasteiger partial charge in [-0.15, -0.1) is 0 Å². The van der Waals surface area contributed by atoms with Crippen molar-refractivity contribution < 1.29 is 19.4 Å². The van der Waals surface area contributed by atoms with Gasteiger partial charge in [0.2, 0.25) is 0 Å². The van der Waals surface area contributed by atoms with E-state index in [4.69, 9.17) is 4.74 Å². The maximum atomic E-state index is 11.5. The molecule has 5 heteroatoms. The van der Waals surface area contributed by atoms with E-state index < -0.39 is 18.1 Å². The van der Waals surface area contributed by atoms with Crippen LogP contribution < -0.4 is 5.32 Å². The zero-order valence-electron chi connectivity index (χ0n) is 11.3. The number of carboxylic acids is 1. The lowest BCUT2D eigenvalue weighted by molar-refractivity contribution is -0.139. The van der Waals surface area contributed by atoms with Crippen LogP contribution in [0.15, 0.2) is 30.3 Å². The SMILES string of the molecule is CC(C)OC(=O)NC(C(=O)O)C(C)c1ccccc1. The van der Waals surface area contributed by atoms with Crippen LogP contribution in [-0.2, 0) is 9.53 Å². The Morgan fingerprint density at radius 2 is 1.74 bits per heavy atom. The van der Waals surface area contributed by atoms with Gasteiger partial charge in [0.25, 0.3) is 0 Å². The molecule has 1 amide bonds. The van der Waals surface area contributed by atoms with Gasteiger partial charge in [-0.05, 0) is 19.4 Å². The third kappa shape index (κ3) is 4.62. The third-order valence-electron chi connectivity index (χ3n) is 2.71. The van der Waals surface area contributed by atoms with E-state index in [-0.39, 0.29) is 12.0 Å². The molecule has 0 aliphatic heterocycles. The summed E-state index contributed by atoms with van der Waals surface area (Å²) in [5, 5.41) is 11.6. The molecule has 0 saturated carbocycles. The second-order valence-electron chi connectivity index (χ2n) is 4.61. The van der Waals surface area contributed by atoms with Gasteiger partial charge in [-0.1, -0.05) is 37.3 Å². The first-order valence-corrected chi connectivity index (χ1v) is 6.16. The topological polar surface area (TPSA) is 75.6 Å². The average molecular weight is 265 g/mol. The quantitative estimate of drug-likeness (QED) is 0.857. The van der Waals surface area contributed by atoms with Gasteiger partial charge < -0.3 is 15.2 Å². The molecule has 0 fully saturated rings. The van der Waals surface area contributed by atoms with Crippen LogP contribution in [0.2, 0.25) is 0 Å². The maximum Gasteiger partial charge on any atom is 0.408 e.